The standard InChI is InChI=1S/C8H6N2OS.Na/c11-8(12)7-9-5-3-1-2-4-6(5)10-7;/h1-4H,(H,9,10)(H,11,12);/q;+1/p-1. The van der Waals surface area contributed by atoms with Crippen molar-refractivity contribution in [2.45, 2.75) is 0 Å². The smallest absolute Gasteiger partial charge is 0.862 e. The average molecular weight is 200 g/mol. The van der Waals surface area contributed by atoms with Crippen LogP contribution in [-0.4, -0.2) is 15.0 Å². The third-order valence-corrected chi connectivity index (χ3v) is 1.78. The monoisotopic (exact) mass is 200 g/mol. The first-order valence-corrected chi connectivity index (χ1v) is 3.84. The van der Waals surface area contributed by atoms with Gasteiger partial charge in [-0.25, -0.2) is 4.98 Å². The van der Waals surface area contributed by atoms with E-state index < -0.39 is 5.05 Å². The number of rotatable bonds is 1. The van der Waals surface area contributed by atoms with Gasteiger partial charge in [-0.15, -0.1) is 0 Å². The zero-order valence-corrected chi connectivity index (χ0v) is 9.89. The van der Waals surface area contributed by atoms with E-state index in [0.717, 1.165) is 11.0 Å². The number of hydrogen-bond donors (Lipinski definition) is 1. The molecule has 0 bridgehead atoms. The largest absolute Gasteiger partial charge is 1.00 e. The van der Waals surface area contributed by atoms with Gasteiger partial charge in [0.15, 0.2) is 0 Å². The molecule has 0 spiro atoms. The molecule has 2 rings (SSSR count). The summed E-state index contributed by atoms with van der Waals surface area (Å²) in [5, 5.41) is 10.3. The Morgan fingerprint density at radius 3 is 2.69 bits per heavy atom. The predicted octanol–water partition coefficient (Wildman–Crippen LogP) is -2.40. The molecule has 0 radical (unpaired) electrons. The van der Waals surface area contributed by atoms with E-state index in [-0.39, 0.29) is 35.4 Å². The van der Waals surface area contributed by atoms with Crippen molar-refractivity contribution in [3.8, 4) is 0 Å². The molecule has 0 unspecified atom stereocenters. The minimum Gasteiger partial charge on any atom is -0.862 e. The topological polar surface area (TPSA) is 51.7 Å². The number of thiocarbonyl (C=S) groups is 1. The van der Waals surface area contributed by atoms with E-state index in [4.69, 9.17) is 0 Å². The Morgan fingerprint density at radius 2 is 2.08 bits per heavy atom. The Balaban J connectivity index is 0.000000845. The minimum absolute atomic E-state index is 0. The maximum Gasteiger partial charge on any atom is 1.00 e. The number of hydrogen-bond acceptors (Lipinski definition) is 3. The number of H-pyrrole nitrogens is 1. The van der Waals surface area contributed by atoms with E-state index in [0.29, 0.717) is 0 Å². The fourth-order valence-corrected chi connectivity index (χ4v) is 1.15. The van der Waals surface area contributed by atoms with Crippen LogP contribution in [0.5, 0.6) is 0 Å². The molecule has 3 nitrogen and oxygen atoms in total. The second-order valence-electron chi connectivity index (χ2n) is 2.39. The van der Waals surface area contributed by atoms with Crippen LogP contribution in [0.25, 0.3) is 11.0 Å². The molecule has 0 atom stereocenters. The Hall–Kier alpha value is -0.420. The van der Waals surface area contributed by atoms with Crippen LogP contribution in [0.4, 0.5) is 0 Å². The zero-order valence-electron chi connectivity index (χ0n) is 7.07. The maximum atomic E-state index is 10.7. The predicted molar refractivity (Wildman–Crippen MR) is 47.8 cm³/mol. The van der Waals surface area contributed by atoms with Gasteiger partial charge in [-0.2, -0.15) is 0 Å². The Kier molecular flexibility index (Phi) is 3.44. The third kappa shape index (κ3) is 2.08. The molecule has 0 aliphatic carbocycles. The number of aromatic amines is 1. The second-order valence-corrected chi connectivity index (χ2v) is 2.76. The molecule has 0 aliphatic rings. The van der Waals surface area contributed by atoms with Crippen molar-refractivity contribution in [1.82, 2.24) is 9.97 Å². The number of nitrogens with one attached hydrogen (secondary N) is 1. The molecule has 0 saturated carbocycles. The number of benzene rings is 1. The molecule has 0 fully saturated rings. The summed E-state index contributed by atoms with van der Waals surface area (Å²) in [6, 6.07) is 7.41. The van der Waals surface area contributed by atoms with E-state index in [1.807, 2.05) is 24.3 Å². The number of imidazole rings is 1. The summed E-state index contributed by atoms with van der Waals surface area (Å²) in [4.78, 5) is 6.83. The summed E-state index contributed by atoms with van der Waals surface area (Å²) >= 11 is 4.45. The quantitative estimate of drug-likeness (QED) is 0.412. The first kappa shape index (κ1) is 10.7. The van der Waals surface area contributed by atoms with Crippen LogP contribution in [-0.2, 0) is 0 Å². The molecule has 13 heavy (non-hydrogen) atoms. The molecule has 0 aliphatic heterocycles. The van der Waals surface area contributed by atoms with E-state index in [9.17, 15) is 5.11 Å². The number of aromatic nitrogens is 2. The number of fused-ring (bicyclic) bond motifs is 1. The Bertz CT molecular complexity index is 407. The molecular formula is C8H5N2NaOS. The average Bonchev–Trinajstić information content (AvgIpc) is 2.46. The fraction of sp³-hybridized carbons (Fsp3) is 0. The third-order valence-electron chi connectivity index (χ3n) is 1.58. The van der Waals surface area contributed by atoms with Gasteiger partial charge in [0.05, 0.1) is 11.0 Å². The summed E-state index contributed by atoms with van der Waals surface area (Å²) in [6.07, 6.45) is 0. The van der Waals surface area contributed by atoms with Crippen LogP contribution >= 0.6 is 12.2 Å². The van der Waals surface area contributed by atoms with Crippen molar-refractivity contribution < 1.29 is 34.7 Å². The van der Waals surface area contributed by atoms with Crippen molar-refractivity contribution in [2.75, 3.05) is 0 Å². The van der Waals surface area contributed by atoms with Crippen molar-refractivity contribution in [2.24, 2.45) is 0 Å². The van der Waals surface area contributed by atoms with Gasteiger partial charge in [0.1, 0.15) is 5.82 Å². The summed E-state index contributed by atoms with van der Waals surface area (Å²) in [5.74, 6) is 0.242. The summed E-state index contributed by atoms with van der Waals surface area (Å²) in [6.45, 7) is 0. The molecule has 60 valence electrons. The summed E-state index contributed by atoms with van der Waals surface area (Å²) in [5.41, 5.74) is 1.61. The molecule has 0 amide bonds. The molecule has 2 aromatic rings. The van der Waals surface area contributed by atoms with Crippen molar-refractivity contribution in [1.29, 1.82) is 0 Å². The molecule has 1 heterocycles. The first-order chi connectivity index (χ1) is 5.77. The van der Waals surface area contributed by atoms with Crippen LogP contribution in [0.1, 0.15) is 5.82 Å². The van der Waals surface area contributed by atoms with Gasteiger partial charge in [-0.3, -0.25) is 0 Å². The van der Waals surface area contributed by atoms with Gasteiger partial charge in [0.2, 0.25) is 0 Å². The van der Waals surface area contributed by atoms with Crippen molar-refractivity contribution in [3.63, 3.8) is 0 Å². The fourth-order valence-electron chi connectivity index (χ4n) is 1.05. The zero-order chi connectivity index (χ0) is 8.55. The summed E-state index contributed by atoms with van der Waals surface area (Å²) < 4.78 is 0. The van der Waals surface area contributed by atoms with Gasteiger partial charge in [-0.05, 0) is 12.1 Å². The van der Waals surface area contributed by atoms with E-state index in [1.165, 1.54) is 0 Å². The molecule has 0 saturated heterocycles. The van der Waals surface area contributed by atoms with Crippen LogP contribution in [0.3, 0.4) is 0 Å². The van der Waals surface area contributed by atoms with Crippen molar-refractivity contribution in [3.05, 3.63) is 30.1 Å². The summed E-state index contributed by atoms with van der Waals surface area (Å²) in [7, 11) is 0. The molecular weight excluding hydrogens is 195 g/mol. The minimum atomic E-state index is -0.453. The van der Waals surface area contributed by atoms with Crippen molar-refractivity contribution >= 4 is 28.3 Å². The van der Waals surface area contributed by atoms with E-state index >= 15 is 0 Å². The molecule has 1 N–H and O–H groups in total. The number of nitrogens with zero attached hydrogens (tertiary/aromatic N) is 1. The molecule has 1 aromatic heterocycles. The van der Waals surface area contributed by atoms with Gasteiger partial charge < -0.3 is 10.1 Å². The van der Waals surface area contributed by atoms with E-state index in [2.05, 4.69) is 22.2 Å². The van der Waals surface area contributed by atoms with E-state index in [1.54, 1.807) is 0 Å². The van der Waals surface area contributed by atoms with Gasteiger partial charge in [0.25, 0.3) is 0 Å². The van der Waals surface area contributed by atoms with Crippen LogP contribution in [0.15, 0.2) is 24.3 Å². The van der Waals surface area contributed by atoms with Crippen LogP contribution in [0, 0.1) is 0 Å². The Morgan fingerprint density at radius 1 is 1.38 bits per heavy atom. The van der Waals surface area contributed by atoms with Crippen LogP contribution < -0.4 is 34.7 Å². The number of para-hydroxylation sites is 2. The normalized spacial score (nSPS) is 9.54. The Labute approximate surface area is 102 Å². The van der Waals surface area contributed by atoms with Gasteiger partial charge in [0, 0.05) is 5.05 Å². The van der Waals surface area contributed by atoms with Crippen LogP contribution in [0.2, 0.25) is 0 Å². The van der Waals surface area contributed by atoms with Gasteiger partial charge >= 0.3 is 29.6 Å². The SMILES string of the molecule is [Na+].[O-]C(=S)c1nc2ccccc2[nH]1. The second kappa shape index (κ2) is 4.19. The molecule has 5 heteroatoms. The maximum absolute atomic E-state index is 10.7. The van der Waals surface area contributed by atoms with Gasteiger partial charge in [-0.1, -0.05) is 24.4 Å². The molecule has 1 aromatic carbocycles. The first-order valence-electron chi connectivity index (χ1n) is 3.43.